The molecule has 1 fully saturated rings. The molecule has 0 saturated carbocycles. The first-order chi connectivity index (χ1) is 6.49. The number of Topliss-reactive ketones (excluding diaryl/α,β-unsaturated/α-hetero) is 1. The van der Waals surface area contributed by atoms with E-state index < -0.39 is 9.84 Å². The molecule has 0 bridgehead atoms. The van der Waals surface area contributed by atoms with Gasteiger partial charge in [-0.3, -0.25) is 4.79 Å². The molecular weight excluding hydrogens is 204 g/mol. The lowest BCUT2D eigenvalue weighted by Crippen LogP contribution is -2.27. The molecule has 1 unspecified atom stereocenters. The van der Waals surface area contributed by atoms with Crippen LogP contribution < -0.4 is 0 Å². The molecule has 1 atom stereocenters. The molecule has 1 aliphatic rings. The summed E-state index contributed by atoms with van der Waals surface area (Å²) >= 11 is 0. The Morgan fingerprint density at radius 1 is 1.50 bits per heavy atom. The molecule has 0 aromatic heterocycles. The standard InChI is InChI=1S/C9H16O4S/c1-14(11,12)6-2-3-8-7-13-5-4-9(8)10/h8H,2-7H2,1H3. The fourth-order valence-electron chi connectivity index (χ4n) is 1.53. The molecule has 1 aliphatic heterocycles. The van der Waals surface area contributed by atoms with Crippen molar-refractivity contribution in [2.45, 2.75) is 19.3 Å². The van der Waals surface area contributed by atoms with Crippen molar-refractivity contribution in [3.05, 3.63) is 0 Å². The van der Waals surface area contributed by atoms with Crippen molar-refractivity contribution in [3.8, 4) is 0 Å². The van der Waals surface area contributed by atoms with Crippen molar-refractivity contribution in [2.24, 2.45) is 5.92 Å². The average Bonchev–Trinajstić information content (AvgIpc) is 2.06. The van der Waals surface area contributed by atoms with Gasteiger partial charge in [0.1, 0.15) is 15.6 Å². The van der Waals surface area contributed by atoms with Crippen LogP contribution >= 0.6 is 0 Å². The van der Waals surface area contributed by atoms with Gasteiger partial charge in [0.25, 0.3) is 0 Å². The zero-order valence-electron chi connectivity index (χ0n) is 8.36. The summed E-state index contributed by atoms with van der Waals surface area (Å²) in [7, 11) is -2.89. The van der Waals surface area contributed by atoms with E-state index in [-0.39, 0.29) is 17.5 Å². The summed E-state index contributed by atoms with van der Waals surface area (Å²) in [5, 5.41) is 0. The van der Waals surface area contributed by atoms with Gasteiger partial charge in [0.05, 0.1) is 13.2 Å². The molecule has 5 heteroatoms. The van der Waals surface area contributed by atoms with E-state index in [2.05, 4.69) is 0 Å². The van der Waals surface area contributed by atoms with Crippen LogP contribution in [-0.2, 0) is 19.4 Å². The van der Waals surface area contributed by atoms with Crippen molar-refractivity contribution in [3.63, 3.8) is 0 Å². The fourth-order valence-corrected chi connectivity index (χ4v) is 2.22. The first-order valence-corrected chi connectivity index (χ1v) is 6.83. The number of carbonyl (C=O) groups excluding carboxylic acids is 1. The number of ketones is 1. The molecule has 0 aliphatic carbocycles. The van der Waals surface area contributed by atoms with Crippen LogP contribution in [0, 0.1) is 5.92 Å². The molecule has 1 saturated heterocycles. The molecular formula is C9H16O4S. The van der Waals surface area contributed by atoms with E-state index in [9.17, 15) is 13.2 Å². The van der Waals surface area contributed by atoms with Gasteiger partial charge in [0.2, 0.25) is 0 Å². The Morgan fingerprint density at radius 3 is 2.79 bits per heavy atom. The highest BCUT2D eigenvalue weighted by Gasteiger charge is 2.22. The summed E-state index contributed by atoms with van der Waals surface area (Å²) < 4.78 is 26.8. The predicted octanol–water partition coefficient (Wildman–Crippen LogP) is 0.417. The summed E-state index contributed by atoms with van der Waals surface area (Å²) in [4.78, 5) is 11.3. The molecule has 14 heavy (non-hydrogen) atoms. The molecule has 82 valence electrons. The molecule has 0 radical (unpaired) electrons. The SMILES string of the molecule is CS(=O)(=O)CCCC1COCCC1=O. The molecule has 0 N–H and O–H groups in total. The Balaban J connectivity index is 2.27. The van der Waals surface area contributed by atoms with Crippen LogP contribution in [0.15, 0.2) is 0 Å². The van der Waals surface area contributed by atoms with Crippen LogP contribution in [0.2, 0.25) is 0 Å². The Kier molecular flexibility index (Phi) is 4.07. The summed E-state index contributed by atoms with van der Waals surface area (Å²) in [5.74, 6) is 0.298. The lowest BCUT2D eigenvalue weighted by molar-refractivity contribution is -0.130. The van der Waals surface area contributed by atoms with Gasteiger partial charge in [0, 0.05) is 24.3 Å². The lowest BCUT2D eigenvalue weighted by Gasteiger charge is -2.20. The minimum Gasteiger partial charge on any atom is -0.380 e. The van der Waals surface area contributed by atoms with E-state index in [4.69, 9.17) is 4.74 Å². The fraction of sp³-hybridized carbons (Fsp3) is 0.889. The minimum atomic E-state index is -2.89. The quantitative estimate of drug-likeness (QED) is 0.688. The monoisotopic (exact) mass is 220 g/mol. The van der Waals surface area contributed by atoms with Crippen molar-refractivity contribution >= 4 is 15.6 Å². The maximum absolute atomic E-state index is 11.3. The van der Waals surface area contributed by atoms with Gasteiger partial charge >= 0.3 is 0 Å². The van der Waals surface area contributed by atoms with Gasteiger partial charge in [-0.05, 0) is 12.8 Å². The van der Waals surface area contributed by atoms with Crippen molar-refractivity contribution < 1.29 is 17.9 Å². The molecule has 0 aromatic carbocycles. The van der Waals surface area contributed by atoms with Gasteiger partial charge < -0.3 is 4.74 Å². The summed E-state index contributed by atoms with van der Waals surface area (Å²) in [5.41, 5.74) is 0. The van der Waals surface area contributed by atoms with E-state index in [1.165, 1.54) is 6.26 Å². The second-order valence-corrected chi connectivity index (χ2v) is 6.02. The van der Waals surface area contributed by atoms with Crippen LogP contribution in [0.3, 0.4) is 0 Å². The van der Waals surface area contributed by atoms with Gasteiger partial charge in [0.15, 0.2) is 0 Å². The summed E-state index contributed by atoms with van der Waals surface area (Å²) in [6.07, 6.45) is 2.88. The van der Waals surface area contributed by atoms with Crippen LogP contribution in [0.1, 0.15) is 19.3 Å². The highest BCUT2D eigenvalue weighted by atomic mass is 32.2. The Bertz CT molecular complexity index is 294. The largest absolute Gasteiger partial charge is 0.380 e. The third kappa shape index (κ3) is 4.19. The normalized spacial score (nSPS) is 23.8. The highest BCUT2D eigenvalue weighted by Crippen LogP contribution is 2.15. The first-order valence-electron chi connectivity index (χ1n) is 4.77. The zero-order valence-corrected chi connectivity index (χ0v) is 9.18. The predicted molar refractivity (Wildman–Crippen MR) is 52.9 cm³/mol. The van der Waals surface area contributed by atoms with Crippen molar-refractivity contribution in [1.29, 1.82) is 0 Å². The van der Waals surface area contributed by atoms with Crippen LogP contribution in [0.4, 0.5) is 0 Å². The van der Waals surface area contributed by atoms with Gasteiger partial charge in [-0.1, -0.05) is 0 Å². The number of hydrogen-bond acceptors (Lipinski definition) is 4. The van der Waals surface area contributed by atoms with E-state index in [1.807, 2.05) is 0 Å². The number of carbonyl (C=O) groups is 1. The second kappa shape index (κ2) is 4.89. The third-order valence-corrected chi connectivity index (χ3v) is 3.37. The van der Waals surface area contributed by atoms with E-state index >= 15 is 0 Å². The smallest absolute Gasteiger partial charge is 0.147 e. The lowest BCUT2D eigenvalue weighted by atomic mass is 9.96. The Morgan fingerprint density at radius 2 is 2.21 bits per heavy atom. The maximum atomic E-state index is 11.3. The van der Waals surface area contributed by atoms with Gasteiger partial charge in [-0.15, -0.1) is 0 Å². The zero-order chi connectivity index (χ0) is 10.6. The third-order valence-electron chi connectivity index (χ3n) is 2.33. The van der Waals surface area contributed by atoms with Crippen molar-refractivity contribution in [2.75, 3.05) is 25.2 Å². The number of hydrogen-bond donors (Lipinski definition) is 0. The number of sulfone groups is 1. The van der Waals surface area contributed by atoms with Crippen LogP contribution in [0.5, 0.6) is 0 Å². The summed E-state index contributed by atoms with van der Waals surface area (Å²) in [6, 6.07) is 0. The molecule has 1 heterocycles. The van der Waals surface area contributed by atoms with E-state index in [0.29, 0.717) is 32.5 Å². The Labute approximate surface area is 84.6 Å². The van der Waals surface area contributed by atoms with Gasteiger partial charge in [-0.2, -0.15) is 0 Å². The molecule has 0 spiro atoms. The second-order valence-electron chi connectivity index (χ2n) is 3.76. The topological polar surface area (TPSA) is 60.4 Å². The van der Waals surface area contributed by atoms with E-state index in [0.717, 1.165) is 0 Å². The minimum absolute atomic E-state index is 0.0782. The van der Waals surface area contributed by atoms with E-state index in [1.54, 1.807) is 0 Å². The maximum Gasteiger partial charge on any atom is 0.147 e. The van der Waals surface area contributed by atoms with Crippen molar-refractivity contribution in [1.82, 2.24) is 0 Å². The van der Waals surface area contributed by atoms with Crippen LogP contribution in [-0.4, -0.2) is 39.4 Å². The molecule has 4 nitrogen and oxygen atoms in total. The van der Waals surface area contributed by atoms with Gasteiger partial charge in [-0.25, -0.2) is 8.42 Å². The number of ether oxygens (including phenoxy) is 1. The first kappa shape index (κ1) is 11.7. The summed E-state index contributed by atoms with van der Waals surface area (Å²) in [6.45, 7) is 0.976. The van der Waals surface area contributed by atoms with Crippen LogP contribution in [0.25, 0.3) is 0 Å². The Hall–Kier alpha value is -0.420. The molecule has 1 rings (SSSR count). The average molecular weight is 220 g/mol. The molecule has 0 aromatic rings. The number of rotatable bonds is 4. The molecule has 0 amide bonds. The highest BCUT2D eigenvalue weighted by molar-refractivity contribution is 7.90.